The van der Waals surface area contributed by atoms with Crippen LogP contribution in [-0.2, 0) is 17.7 Å². The molecule has 0 N–H and O–H groups in total. The van der Waals surface area contributed by atoms with Crippen LogP contribution in [-0.4, -0.2) is 17.1 Å². The molecule has 1 aromatic heterocycles. The molecule has 0 fully saturated rings. The summed E-state index contributed by atoms with van der Waals surface area (Å²) < 4.78 is 6.95. The topological polar surface area (TPSA) is 48.3 Å². The lowest BCUT2D eigenvalue weighted by molar-refractivity contribution is 0.0524. The molecule has 0 radical (unpaired) electrons. The molecule has 3 rings (SSSR count). The highest BCUT2D eigenvalue weighted by atomic mass is 35.5. The van der Waals surface area contributed by atoms with Gasteiger partial charge in [0.1, 0.15) is 5.56 Å². The van der Waals surface area contributed by atoms with E-state index in [0.717, 1.165) is 18.4 Å². The van der Waals surface area contributed by atoms with Crippen molar-refractivity contribution in [3.8, 4) is 0 Å². The number of aromatic nitrogens is 1. The van der Waals surface area contributed by atoms with Crippen LogP contribution in [0.2, 0.25) is 5.02 Å². The van der Waals surface area contributed by atoms with Crippen molar-refractivity contribution in [1.29, 1.82) is 0 Å². The highest BCUT2D eigenvalue weighted by molar-refractivity contribution is 6.31. The zero-order chi connectivity index (χ0) is 18.5. The summed E-state index contributed by atoms with van der Waals surface area (Å²) in [6, 6.07) is 15.3. The summed E-state index contributed by atoms with van der Waals surface area (Å²) in [5.74, 6) is -0.592. The van der Waals surface area contributed by atoms with Gasteiger partial charge in [-0.25, -0.2) is 4.79 Å². The lowest BCUT2D eigenvalue weighted by atomic mass is 10.1. The standard InChI is InChI=1S/C21H20ClNO3/c1-2-26-21(25)18-14-23(12-6-9-15-7-4-3-5-8-15)19-13-16(22)10-11-17(19)20(18)24/h3-5,7-8,10-11,13-14H,2,6,9,12H2,1H3. The first-order chi connectivity index (χ1) is 12.6. The van der Waals surface area contributed by atoms with E-state index in [9.17, 15) is 9.59 Å². The number of aryl methyl sites for hydroxylation is 2. The fourth-order valence-corrected chi connectivity index (χ4v) is 3.17. The number of benzene rings is 2. The summed E-state index contributed by atoms with van der Waals surface area (Å²) >= 11 is 6.12. The van der Waals surface area contributed by atoms with Crippen LogP contribution in [0.1, 0.15) is 29.3 Å². The fourth-order valence-electron chi connectivity index (χ4n) is 3.00. The Hall–Kier alpha value is -2.59. The molecule has 0 aliphatic carbocycles. The van der Waals surface area contributed by atoms with Gasteiger partial charge in [-0.15, -0.1) is 0 Å². The molecule has 3 aromatic rings. The Morgan fingerprint density at radius 2 is 1.92 bits per heavy atom. The molecule has 0 spiro atoms. The van der Waals surface area contributed by atoms with E-state index in [2.05, 4.69) is 12.1 Å². The Kier molecular flexibility index (Phi) is 5.74. The van der Waals surface area contributed by atoms with E-state index >= 15 is 0 Å². The van der Waals surface area contributed by atoms with Crippen molar-refractivity contribution in [2.24, 2.45) is 0 Å². The van der Waals surface area contributed by atoms with Gasteiger partial charge in [-0.2, -0.15) is 0 Å². The van der Waals surface area contributed by atoms with E-state index in [4.69, 9.17) is 16.3 Å². The smallest absolute Gasteiger partial charge is 0.343 e. The van der Waals surface area contributed by atoms with Crippen LogP contribution in [0.3, 0.4) is 0 Å². The Bertz CT molecular complexity index is 980. The van der Waals surface area contributed by atoms with Crippen LogP contribution in [0.25, 0.3) is 10.9 Å². The number of halogens is 1. The zero-order valence-electron chi connectivity index (χ0n) is 14.6. The van der Waals surface area contributed by atoms with E-state index in [1.165, 1.54) is 5.56 Å². The quantitative estimate of drug-likeness (QED) is 0.602. The average Bonchev–Trinajstić information content (AvgIpc) is 2.64. The summed E-state index contributed by atoms with van der Waals surface area (Å²) in [5, 5.41) is 1.03. The molecule has 0 unspecified atom stereocenters. The van der Waals surface area contributed by atoms with Crippen LogP contribution in [0.4, 0.5) is 0 Å². The normalized spacial score (nSPS) is 10.8. The summed E-state index contributed by atoms with van der Waals surface area (Å²) in [5.41, 5.74) is 1.71. The number of hydrogen-bond donors (Lipinski definition) is 0. The third-order valence-corrected chi connectivity index (χ3v) is 4.48. The number of rotatable bonds is 6. The third-order valence-electron chi connectivity index (χ3n) is 4.25. The third kappa shape index (κ3) is 3.97. The van der Waals surface area contributed by atoms with Gasteiger partial charge >= 0.3 is 5.97 Å². The van der Waals surface area contributed by atoms with Crippen molar-refractivity contribution < 1.29 is 9.53 Å². The minimum Gasteiger partial charge on any atom is -0.462 e. The lowest BCUT2D eigenvalue weighted by Crippen LogP contribution is -2.21. The number of fused-ring (bicyclic) bond motifs is 1. The molecule has 0 aliphatic heterocycles. The largest absolute Gasteiger partial charge is 0.462 e. The van der Waals surface area contributed by atoms with E-state index in [0.29, 0.717) is 17.0 Å². The van der Waals surface area contributed by atoms with Gasteiger partial charge in [-0.1, -0.05) is 41.9 Å². The maximum absolute atomic E-state index is 12.6. The molecule has 0 saturated heterocycles. The molecule has 0 atom stereocenters. The van der Waals surface area contributed by atoms with Crippen molar-refractivity contribution in [2.45, 2.75) is 26.3 Å². The predicted octanol–water partition coefficient (Wildman–Crippen LogP) is 4.46. The number of nitrogens with zero attached hydrogens (tertiary/aromatic N) is 1. The molecule has 1 heterocycles. The van der Waals surface area contributed by atoms with Crippen molar-refractivity contribution >= 4 is 28.5 Å². The molecular formula is C21H20ClNO3. The second kappa shape index (κ2) is 8.19. The first-order valence-corrected chi connectivity index (χ1v) is 9.01. The zero-order valence-corrected chi connectivity index (χ0v) is 15.3. The summed E-state index contributed by atoms with van der Waals surface area (Å²) in [4.78, 5) is 24.8. The number of hydrogen-bond acceptors (Lipinski definition) is 3. The Morgan fingerprint density at radius 3 is 2.65 bits per heavy atom. The number of ether oxygens (including phenoxy) is 1. The van der Waals surface area contributed by atoms with Crippen molar-refractivity contribution in [2.75, 3.05) is 6.61 Å². The van der Waals surface area contributed by atoms with Gasteiger partial charge < -0.3 is 9.30 Å². The molecule has 0 bridgehead atoms. The van der Waals surface area contributed by atoms with Crippen molar-refractivity contribution in [3.63, 3.8) is 0 Å². The molecule has 134 valence electrons. The molecule has 4 nitrogen and oxygen atoms in total. The van der Waals surface area contributed by atoms with Gasteiger partial charge in [0, 0.05) is 23.2 Å². The van der Waals surface area contributed by atoms with Gasteiger partial charge in [0.15, 0.2) is 0 Å². The first kappa shape index (κ1) is 18.2. The Labute approximate surface area is 157 Å². The number of esters is 1. The second-order valence-corrected chi connectivity index (χ2v) is 6.47. The van der Waals surface area contributed by atoms with E-state index in [1.54, 1.807) is 31.3 Å². The Balaban J connectivity index is 1.96. The summed E-state index contributed by atoms with van der Waals surface area (Å²) in [6.45, 7) is 2.61. The molecule has 5 heteroatoms. The minimum absolute atomic E-state index is 0.0568. The van der Waals surface area contributed by atoms with Gasteiger partial charge in [-0.3, -0.25) is 4.79 Å². The summed E-state index contributed by atoms with van der Waals surface area (Å²) in [6.07, 6.45) is 3.37. The lowest BCUT2D eigenvalue weighted by Gasteiger charge is -2.13. The monoisotopic (exact) mass is 369 g/mol. The predicted molar refractivity (Wildman–Crippen MR) is 104 cm³/mol. The van der Waals surface area contributed by atoms with E-state index in [1.807, 2.05) is 22.8 Å². The SMILES string of the molecule is CCOC(=O)c1cn(CCCc2ccccc2)c2cc(Cl)ccc2c1=O. The van der Waals surface area contributed by atoms with Gasteiger partial charge in [0.05, 0.1) is 12.1 Å². The first-order valence-electron chi connectivity index (χ1n) is 8.64. The van der Waals surface area contributed by atoms with Crippen LogP contribution >= 0.6 is 11.6 Å². The van der Waals surface area contributed by atoms with Crippen molar-refractivity contribution in [3.05, 3.63) is 81.1 Å². The molecule has 0 saturated carbocycles. The number of carbonyl (C=O) groups is 1. The van der Waals surface area contributed by atoms with Crippen LogP contribution < -0.4 is 5.43 Å². The van der Waals surface area contributed by atoms with E-state index < -0.39 is 5.97 Å². The van der Waals surface area contributed by atoms with Gasteiger partial charge in [-0.05, 0) is 43.5 Å². The maximum Gasteiger partial charge on any atom is 0.343 e. The Morgan fingerprint density at radius 1 is 1.15 bits per heavy atom. The second-order valence-electron chi connectivity index (χ2n) is 6.04. The van der Waals surface area contributed by atoms with Gasteiger partial charge in [0.25, 0.3) is 0 Å². The highest BCUT2D eigenvalue weighted by Crippen LogP contribution is 2.19. The summed E-state index contributed by atoms with van der Waals surface area (Å²) in [7, 11) is 0. The maximum atomic E-state index is 12.6. The number of carbonyl (C=O) groups excluding carboxylic acids is 1. The van der Waals surface area contributed by atoms with Gasteiger partial charge in [0.2, 0.25) is 5.43 Å². The highest BCUT2D eigenvalue weighted by Gasteiger charge is 2.16. The fraction of sp³-hybridized carbons (Fsp3) is 0.238. The average molecular weight is 370 g/mol. The minimum atomic E-state index is -0.592. The van der Waals surface area contributed by atoms with Crippen LogP contribution in [0.15, 0.2) is 59.5 Å². The number of pyridine rings is 1. The van der Waals surface area contributed by atoms with Crippen LogP contribution in [0, 0.1) is 0 Å². The molecular weight excluding hydrogens is 350 g/mol. The van der Waals surface area contributed by atoms with Crippen molar-refractivity contribution in [1.82, 2.24) is 4.57 Å². The molecule has 0 amide bonds. The van der Waals surface area contributed by atoms with E-state index in [-0.39, 0.29) is 17.6 Å². The molecule has 26 heavy (non-hydrogen) atoms. The molecule has 2 aromatic carbocycles. The van der Waals surface area contributed by atoms with Crippen LogP contribution in [0.5, 0.6) is 0 Å². The molecule has 0 aliphatic rings.